The highest BCUT2D eigenvalue weighted by Crippen LogP contribution is 2.28. The van der Waals surface area contributed by atoms with Crippen LogP contribution in [0.1, 0.15) is 15.9 Å². The molecule has 6 nitrogen and oxygen atoms in total. The average Bonchev–Trinajstić information content (AvgIpc) is 2.38. The van der Waals surface area contributed by atoms with Crippen LogP contribution >= 0.6 is 0 Å². The SMILES string of the molecule is Cc1cccc(NC(=O)c2c(F)ccc([N+](=O)[O-])c2N)c1. The van der Waals surface area contributed by atoms with E-state index in [4.69, 9.17) is 5.73 Å². The minimum Gasteiger partial charge on any atom is -0.392 e. The third-order valence-corrected chi connectivity index (χ3v) is 2.87. The molecule has 21 heavy (non-hydrogen) atoms. The summed E-state index contributed by atoms with van der Waals surface area (Å²) in [5.41, 5.74) is 5.34. The van der Waals surface area contributed by atoms with Gasteiger partial charge < -0.3 is 11.1 Å². The average molecular weight is 289 g/mol. The first-order valence-electron chi connectivity index (χ1n) is 6.00. The number of carbonyl (C=O) groups excluding carboxylic acids is 1. The summed E-state index contributed by atoms with van der Waals surface area (Å²) >= 11 is 0. The molecule has 108 valence electrons. The third kappa shape index (κ3) is 2.97. The van der Waals surface area contributed by atoms with E-state index in [-0.39, 0.29) is 0 Å². The highest BCUT2D eigenvalue weighted by molar-refractivity contribution is 6.09. The zero-order valence-corrected chi connectivity index (χ0v) is 11.1. The number of anilines is 2. The zero-order chi connectivity index (χ0) is 15.6. The van der Waals surface area contributed by atoms with E-state index in [1.807, 2.05) is 13.0 Å². The summed E-state index contributed by atoms with van der Waals surface area (Å²) in [6.45, 7) is 1.83. The molecule has 0 bridgehead atoms. The summed E-state index contributed by atoms with van der Waals surface area (Å²) < 4.78 is 13.8. The molecule has 0 heterocycles. The van der Waals surface area contributed by atoms with Crippen LogP contribution in [-0.4, -0.2) is 10.8 Å². The molecule has 0 spiro atoms. The molecule has 0 atom stereocenters. The Kier molecular flexibility index (Phi) is 3.84. The first kappa shape index (κ1) is 14.4. The van der Waals surface area contributed by atoms with Crippen LogP contribution in [0.2, 0.25) is 0 Å². The van der Waals surface area contributed by atoms with Gasteiger partial charge in [0, 0.05) is 11.8 Å². The Morgan fingerprint density at radius 3 is 2.67 bits per heavy atom. The van der Waals surface area contributed by atoms with Gasteiger partial charge in [0.2, 0.25) is 0 Å². The number of nitro benzene ring substituents is 1. The minimum absolute atomic E-state index is 0.449. The number of nitrogen functional groups attached to an aromatic ring is 1. The second-order valence-corrected chi connectivity index (χ2v) is 4.44. The fourth-order valence-electron chi connectivity index (χ4n) is 1.89. The first-order chi connectivity index (χ1) is 9.90. The van der Waals surface area contributed by atoms with E-state index >= 15 is 0 Å². The normalized spacial score (nSPS) is 10.2. The molecule has 0 saturated heterocycles. The highest BCUT2D eigenvalue weighted by atomic mass is 19.1. The molecule has 0 unspecified atom stereocenters. The van der Waals surface area contributed by atoms with E-state index in [1.165, 1.54) is 0 Å². The Morgan fingerprint density at radius 2 is 2.05 bits per heavy atom. The van der Waals surface area contributed by atoms with Crippen molar-refractivity contribution < 1.29 is 14.1 Å². The van der Waals surface area contributed by atoms with Crippen LogP contribution in [-0.2, 0) is 0 Å². The minimum atomic E-state index is -0.914. The molecule has 2 aromatic carbocycles. The van der Waals surface area contributed by atoms with E-state index in [0.717, 1.165) is 17.7 Å². The molecule has 0 aromatic heterocycles. The van der Waals surface area contributed by atoms with Gasteiger partial charge in [0.05, 0.1) is 4.92 Å². The largest absolute Gasteiger partial charge is 0.392 e. The number of nitrogens with zero attached hydrogens (tertiary/aromatic N) is 1. The summed E-state index contributed by atoms with van der Waals surface area (Å²) in [4.78, 5) is 22.1. The maximum Gasteiger partial charge on any atom is 0.293 e. The Labute approximate surface area is 119 Å². The van der Waals surface area contributed by atoms with Crippen LogP contribution in [0, 0.1) is 22.9 Å². The summed E-state index contributed by atoms with van der Waals surface area (Å²) in [7, 11) is 0. The molecule has 1 amide bonds. The number of hydrogen-bond donors (Lipinski definition) is 2. The maximum absolute atomic E-state index is 13.8. The van der Waals surface area contributed by atoms with Gasteiger partial charge in [-0.3, -0.25) is 14.9 Å². The third-order valence-electron chi connectivity index (χ3n) is 2.87. The first-order valence-corrected chi connectivity index (χ1v) is 6.00. The number of nitrogens with two attached hydrogens (primary N) is 1. The fraction of sp³-hybridized carbons (Fsp3) is 0.0714. The molecule has 0 aliphatic heterocycles. The van der Waals surface area contributed by atoms with Crippen LogP contribution in [0.5, 0.6) is 0 Å². The smallest absolute Gasteiger partial charge is 0.293 e. The van der Waals surface area contributed by atoms with E-state index in [9.17, 15) is 19.3 Å². The van der Waals surface area contributed by atoms with Gasteiger partial charge >= 0.3 is 0 Å². The summed E-state index contributed by atoms with van der Waals surface area (Å²) in [6.07, 6.45) is 0. The topological polar surface area (TPSA) is 98.3 Å². The van der Waals surface area contributed by atoms with E-state index < -0.39 is 33.6 Å². The van der Waals surface area contributed by atoms with Crippen molar-refractivity contribution in [3.8, 4) is 0 Å². The molecule has 0 radical (unpaired) electrons. The molecule has 2 rings (SSSR count). The van der Waals surface area contributed by atoms with E-state index in [2.05, 4.69) is 5.32 Å². The Hall–Kier alpha value is -2.96. The lowest BCUT2D eigenvalue weighted by Crippen LogP contribution is -2.17. The quantitative estimate of drug-likeness (QED) is 0.515. The monoisotopic (exact) mass is 289 g/mol. The molecular weight excluding hydrogens is 277 g/mol. The Balaban J connectivity index is 2.39. The second-order valence-electron chi connectivity index (χ2n) is 4.44. The number of amides is 1. The number of nitro groups is 1. The lowest BCUT2D eigenvalue weighted by atomic mass is 10.1. The number of carbonyl (C=O) groups is 1. The van der Waals surface area contributed by atoms with Gasteiger partial charge in [-0.15, -0.1) is 0 Å². The number of rotatable bonds is 3. The molecule has 3 N–H and O–H groups in total. The molecular formula is C14H12FN3O3. The van der Waals surface area contributed by atoms with Crippen molar-refractivity contribution in [2.75, 3.05) is 11.1 Å². The summed E-state index contributed by atoms with van der Waals surface area (Å²) in [5.74, 6) is -1.75. The Morgan fingerprint density at radius 1 is 1.33 bits per heavy atom. The van der Waals surface area contributed by atoms with Gasteiger partial charge in [-0.1, -0.05) is 12.1 Å². The van der Waals surface area contributed by atoms with Crippen LogP contribution in [0.15, 0.2) is 36.4 Å². The Bertz CT molecular complexity index is 731. The summed E-state index contributed by atoms with van der Waals surface area (Å²) in [6, 6.07) is 8.63. The van der Waals surface area contributed by atoms with Crippen LogP contribution in [0.4, 0.5) is 21.5 Å². The van der Waals surface area contributed by atoms with Crippen molar-refractivity contribution >= 4 is 23.0 Å². The maximum atomic E-state index is 13.8. The van der Waals surface area contributed by atoms with Crippen LogP contribution in [0.3, 0.4) is 0 Å². The number of benzene rings is 2. The molecule has 7 heteroatoms. The predicted octanol–water partition coefficient (Wildman–Crippen LogP) is 2.88. The lowest BCUT2D eigenvalue weighted by molar-refractivity contribution is -0.384. The standard InChI is InChI=1S/C14H12FN3O3/c1-8-3-2-4-9(7-8)17-14(19)12-10(15)5-6-11(13(12)16)18(20)21/h2-7H,16H2,1H3,(H,17,19). The fourth-order valence-corrected chi connectivity index (χ4v) is 1.89. The highest BCUT2D eigenvalue weighted by Gasteiger charge is 2.23. The van der Waals surface area contributed by atoms with Gasteiger partial charge in [-0.2, -0.15) is 0 Å². The number of hydrogen-bond acceptors (Lipinski definition) is 4. The molecule has 0 fully saturated rings. The zero-order valence-electron chi connectivity index (χ0n) is 11.1. The van der Waals surface area contributed by atoms with Crippen molar-refractivity contribution in [2.24, 2.45) is 0 Å². The van der Waals surface area contributed by atoms with Gasteiger partial charge in [-0.25, -0.2) is 4.39 Å². The second kappa shape index (κ2) is 5.58. The molecule has 0 aliphatic rings. The number of nitrogens with one attached hydrogen (secondary N) is 1. The van der Waals surface area contributed by atoms with Crippen LogP contribution < -0.4 is 11.1 Å². The van der Waals surface area contributed by atoms with E-state index in [1.54, 1.807) is 18.2 Å². The van der Waals surface area contributed by atoms with Gasteiger partial charge in [0.25, 0.3) is 11.6 Å². The van der Waals surface area contributed by atoms with Crippen molar-refractivity contribution in [1.82, 2.24) is 0 Å². The van der Waals surface area contributed by atoms with Crippen molar-refractivity contribution in [3.63, 3.8) is 0 Å². The number of aryl methyl sites for hydroxylation is 1. The molecule has 0 aliphatic carbocycles. The molecule has 2 aromatic rings. The number of halogens is 1. The van der Waals surface area contributed by atoms with E-state index in [0.29, 0.717) is 5.69 Å². The predicted molar refractivity (Wildman–Crippen MR) is 76.6 cm³/mol. The lowest BCUT2D eigenvalue weighted by Gasteiger charge is -2.09. The van der Waals surface area contributed by atoms with Crippen LogP contribution in [0.25, 0.3) is 0 Å². The molecule has 0 saturated carbocycles. The summed E-state index contributed by atoms with van der Waals surface area (Å²) in [5, 5.41) is 13.2. The van der Waals surface area contributed by atoms with Gasteiger partial charge in [-0.05, 0) is 30.7 Å². The van der Waals surface area contributed by atoms with Crippen molar-refractivity contribution in [3.05, 3.63) is 63.5 Å². The van der Waals surface area contributed by atoms with Gasteiger partial charge in [0.1, 0.15) is 17.1 Å². The van der Waals surface area contributed by atoms with Gasteiger partial charge in [0.15, 0.2) is 0 Å². The van der Waals surface area contributed by atoms with Crippen molar-refractivity contribution in [2.45, 2.75) is 6.92 Å². The van der Waals surface area contributed by atoms with Crippen molar-refractivity contribution in [1.29, 1.82) is 0 Å².